The normalized spacial score (nSPS) is 10.0. The minimum Gasteiger partial charge on any atom is -0.330 e. The highest BCUT2D eigenvalue weighted by Gasteiger charge is 2.11. The predicted molar refractivity (Wildman–Crippen MR) is 57.6 cm³/mol. The lowest BCUT2D eigenvalue weighted by Crippen LogP contribution is -2.28. The SMILES string of the molecule is NCCCCN(O)C(=O)c1ccccc1. The standard InChI is InChI=1S/C11H16N2O2/c12-8-4-5-9-13(15)11(14)10-6-2-1-3-7-10/h1-3,6-7,15H,4-5,8-9,12H2. The third-order valence-electron chi connectivity index (χ3n) is 2.08. The molecular formula is C11H16N2O2. The first kappa shape index (κ1) is 11.7. The van der Waals surface area contributed by atoms with Gasteiger partial charge in [-0.05, 0) is 31.5 Å². The molecule has 0 fully saturated rings. The van der Waals surface area contributed by atoms with Gasteiger partial charge in [-0.1, -0.05) is 18.2 Å². The fourth-order valence-corrected chi connectivity index (χ4v) is 1.24. The zero-order valence-electron chi connectivity index (χ0n) is 8.60. The number of nitrogens with two attached hydrogens (primary N) is 1. The van der Waals surface area contributed by atoms with Crippen molar-refractivity contribution in [3.8, 4) is 0 Å². The Kier molecular flexibility index (Phi) is 4.80. The zero-order valence-corrected chi connectivity index (χ0v) is 8.60. The Hall–Kier alpha value is -1.39. The van der Waals surface area contributed by atoms with E-state index in [2.05, 4.69) is 0 Å². The first-order valence-corrected chi connectivity index (χ1v) is 5.01. The zero-order chi connectivity index (χ0) is 11.1. The molecular weight excluding hydrogens is 192 g/mol. The highest BCUT2D eigenvalue weighted by atomic mass is 16.5. The topological polar surface area (TPSA) is 66.6 Å². The number of amides is 1. The molecule has 0 saturated heterocycles. The summed E-state index contributed by atoms with van der Waals surface area (Å²) in [6.07, 6.45) is 1.52. The molecule has 0 aliphatic heterocycles. The van der Waals surface area contributed by atoms with Crippen molar-refractivity contribution in [3.05, 3.63) is 35.9 Å². The summed E-state index contributed by atoms with van der Waals surface area (Å²) in [6.45, 7) is 0.901. The summed E-state index contributed by atoms with van der Waals surface area (Å²) in [6, 6.07) is 8.71. The van der Waals surface area contributed by atoms with E-state index in [-0.39, 0.29) is 5.91 Å². The van der Waals surface area contributed by atoms with Crippen LogP contribution in [-0.4, -0.2) is 29.3 Å². The van der Waals surface area contributed by atoms with E-state index >= 15 is 0 Å². The van der Waals surface area contributed by atoms with Crippen molar-refractivity contribution in [3.63, 3.8) is 0 Å². The van der Waals surface area contributed by atoms with Crippen molar-refractivity contribution in [1.82, 2.24) is 5.06 Å². The van der Waals surface area contributed by atoms with E-state index in [1.54, 1.807) is 24.3 Å². The third-order valence-corrected chi connectivity index (χ3v) is 2.08. The largest absolute Gasteiger partial charge is 0.330 e. The average Bonchev–Trinajstić information content (AvgIpc) is 2.29. The molecule has 1 rings (SSSR count). The minimum absolute atomic E-state index is 0.324. The molecule has 15 heavy (non-hydrogen) atoms. The summed E-state index contributed by atoms with van der Waals surface area (Å²) in [7, 11) is 0. The quantitative estimate of drug-likeness (QED) is 0.435. The molecule has 1 aromatic carbocycles. The number of rotatable bonds is 5. The molecule has 0 radical (unpaired) electrons. The first-order chi connectivity index (χ1) is 7.25. The van der Waals surface area contributed by atoms with Gasteiger partial charge in [0.25, 0.3) is 5.91 Å². The lowest BCUT2D eigenvalue weighted by molar-refractivity contribution is -0.0587. The molecule has 0 atom stereocenters. The Bertz CT molecular complexity index is 301. The van der Waals surface area contributed by atoms with Gasteiger partial charge in [-0.15, -0.1) is 0 Å². The first-order valence-electron chi connectivity index (χ1n) is 5.01. The van der Waals surface area contributed by atoms with Gasteiger partial charge in [0.15, 0.2) is 0 Å². The number of carbonyl (C=O) groups is 1. The molecule has 4 nitrogen and oxygen atoms in total. The molecule has 82 valence electrons. The van der Waals surface area contributed by atoms with Crippen molar-refractivity contribution in [2.24, 2.45) is 5.73 Å². The van der Waals surface area contributed by atoms with Gasteiger partial charge in [-0.3, -0.25) is 10.0 Å². The van der Waals surface area contributed by atoms with E-state index in [1.807, 2.05) is 6.07 Å². The van der Waals surface area contributed by atoms with Crippen LogP contribution in [0.2, 0.25) is 0 Å². The highest BCUT2D eigenvalue weighted by Crippen LogP contribution is 2.03. The number of hydrogen-bond acceptors (Lipinski definition) is 3. The smallest absolute Gasteiger partial charge is 0.277 e. The molecule has 3 N–H and O–H groups in total. The molecule has 0 heterocycles. The summed E-state index contributed by atoms with van der Waals surface area (Å²) in [5.74, 6) is -0.368. The number of nitrogens with zero attached hydrogens (tertiary/aromatic N) is 1. The third kappa shape index (κ3) is 3.69. The van der Waals surface area contributed by atoms with Crippen LogP contribution in [0.4, 0.5) is 0 Å². The van der Waals surface area contributed by atoms with Crippen molar-refractivity contribution in [1.29, 1.82) is 0 Å². The van der Waals surface area contributed by atoms with Gasteiger partial charge >= 0.3 is 0 Å². The van der Waals surface area contributed by atoms with Crippen molar-refractivity contribution in [2.75, 3.05) is 13.1 Å². The molecule has 1 aromatic rings. The van der Waals surface area contributed by atoms with Gasteiger partial charge in [0.1, 0.15) is 0 Å². The van der Waals surface area contributed by atoms with Crippen LogP contribution in [0.3, 0.4) is 0 Å². The van der Waals surface area contributed by atoms with E-state index < -0.39 is 0 Å². The Morgan fingerprint density at radius 1 is 1.27 bits per heavy atom. The van der Waals surface area contributed by atoms with Gasteiger partial charge in [0.05, 0.1) is 0 Å². The number of benzene rings is 1. The molecule has 4 heteroatoms. The molecule has 0 aliphatic carbocycles. The summed E-state index contributed by atoms with van der Waals surface area (Å²) in [5.41, 5.74) is 5.81. The van der Waals surface area contributed by atoms with E-state index in [4.69, 9.17) is 5.73 Å². The van der Waals surface area contributed by atoms with Crippen LogP contribution in [0.25, 0.3) is 0 Å². The Morgan fingerprint density at radius 2 is 1.93 bits per heavy atom. The lowest BCUT2D eigenvalue weighted by atomic mass is 10.2. The second-order valence-electron chi connectivity index (χ2n) is 3.29. The maximum Gasteiger partial charge on any atom is 0.277 e. The molecule has 1 amide bonds. The highest BCUT2D eigenvalue weighted by molar-refractivity contribution is 5.93. The second kappa shape index (κ2) is 6.16. The van der Waals surface area contributed by atoms with Gasteiger partial charge in [-0.2, -0.15) is 0 Å². The molecule has 0 spiro atoms. The van der Waals surface area contributed by atoms with Crippen LogP contribution in [-0.2, 0) is 0 Å². The van der Waals surface area contributed by atoms with Crippen LogP contribution in [0.15, 0.2) is 30.3 Å². The van der Waals surface area contributed by atoms with E-state index in [0.29, 0.717) is 25.1 Å². The van der Waals surface area contributed by atoms with Crippen molar-refractivity contribution >= 4 is 5.91 Å². The maximum atomic E-state index is 11.6. The van der Waals surface area contributed by atoms with E-state index in [9.17, 15) is 10.0 Å². The van der Waals surface area contributed by atoms with E-state index in [1.165, 1.54) is 0 Å². The molecule has 0 aliphatic rings. The monoisotopic (exact) mass is 208 g/mol. The van der Waals surface area contributed by atoms with E-state index in [0.717, 1.165) is 11.5 Å². The number of hydroxylamine groups is 2. The molecule has 0 aromatic heterocycles. The second-order valence-corrected chi connectivity index (χ2v) is 3.29. The Balaban J connectivity index is 2.46. The van der Waals surface area contributed by atoms with Crippen molar-refractivity contribution in [2.45, 2.75) is 12.8 Å². The van der Waals surface area contributed by atoms with Crippen molar-refractivity contribution < 1.29 is 10.0 Å². The number of hydrogen-bond donors (Lipinski definition) is 2. The van der Waals surface area contributed by atoms with Gasteiger partial charge < -0.3 is 5.73 Å². The maximum absolute atomic E-state index is 11.6. The molecule has 0 unspecified atom stereocenters. The number of carbonyl (C=O) groups excluding carboxylic acids is 1. The van der Waals surface area contributed by atoms with Gasteiger partial charge in [-0.25, -0.2) is 5.06 Å². The Labute approximate surface area is 89.3 Å². The molecule has 0 saturated carbocycles. The van der Waals surface area contributed by atoms with Crippen LogP contribution >= 0.6 is 0 Å². The fourth-order valence-electron chi connectivity index (χ4n) is 1.24. The molecule has 0 bridgehead atoms. The van der Waals surface area contributed by atoms with Crippen LogP contribution in [0.1, 0.15) is 23.2 Å². The summed E-state index contributed by atoms with van der Waals surface area (Å²) in [5, 5.41) is 10.2. The predicted octanol–water partition coefficient (Wildman–Crippen LogP) is 1.26. The Morgan fingerprint density at radius 3 is 2.53 bits per heavy atom. The summed E-state index contributed by atoms with van der Waals surface area (Å²) in [4.78, 5) is 11.6. The lowest BCUT2D eigenvalue weighted by Gasteiger charge is -2.14. The van der Waals surface area contributed by atoms with Gasteiger partial charge in [0, 0.05) is 12.1 Å². The fraction of sp³-hybridized carbons (Fsp3) is 0.364. The van der Waals surface area contributed by atoms with Crippen LogP contribution in [0, 0.1) is 0 Å². The number of unbranched alkanes of at least 4 members (excludes halogenated alkanes) is 1. The minimum atomic E-state index is -0.368. The van der Waals surface area contributed by atoms with Crippen LogP contribution < -0.4 is 5.73 Å². The summed E-state index contributed by atoms with van der Waals surface area (Å²) >= 11 is 0. The van der Waals surface area contributed by atoms with Gasteiger partial charge in [0.2, 0.25) is 0 Å². The van der Waals surface area contributed by atoms with Crippen LogP contribution in [0.5, 0.6) is 0 Å². The average molecular weight is 208 g/mol. The summed E-state index contributed by atoms with van der Waals surface area (Å²) < 4.78 is 0.